The highest BCUT2D eigenvalue weighted by Gasteiger charge is 2.14. The molecule has 1 N–H and O–H groups in total. The number of aliphatic hydroxyl groups is 1. The highest BCUT2D eigenvalue weighted by molar-refractivity contribution is 5.72. The molecule has 0 unspecified atom stereocenters. The topological polar surface area (TPSA) is 110 Å². The van der Waals surface area contributed by atoms with E-state index in [1.807, 2.05) is 54.6 Å². The molecule has 37 heavy (non-hydrogen) atoms. The average Bonchev–Trinajstić information content (AvgIpc) is 3.16. The molecule has 0 radical (unpaired) electrons. The summed E-state index contributed by atoms with van der Waals surface area (Å²) in [5, 5.41) is 21.0. The van der Waals surface area contributed by atoms with Crippen molar-refractivity contribution in [3.05, 3.63) is 93.4 Å². The van der Waals surface area contributed by atoms with Gasteiger partial charge in [0.05, 0.1) is 18.8 Å². The molecule has 0 saturated carbocycles. The van der Waals surface area contributed by atoms with Crippen LogP contribution in [-0.2, 0) is 13.2 Å². The van der Waals surface area contributed by atoms with E-state index >= 15 is 0 Å². The van der Waals surface area contributed by atoms with E-state index in [1.54, 1.807) is 13.8 Å². The number of aromatic nitrogens is 2. The summed E-state index contributed by atoms with van der Waals surface area (Å²) in [7, 11) is 0. The quantitative estimate of drug-likeness (QED) is 0.342. The van der Waals surface area contributed by atoms with Crippen molar-refractivity contribution in [1.29, 1.82) is 0 Å². The number of aryl methyl sites for hydroxylation is 1. The first-order valence-electron chi connectivity index (χ1n) is 12.1. The van der Waals surface area contributed by atoms with Crippen molar-refractivity contribution in [3.63, 3.8) is 0 Å². The van der Waals surface area contributed by atoms with Gasteiger partial charge >= 0.3 is 5.69 Å². The van der Waals surface area contributed by atoms with Gasteiger partial charge in [0.2, 0.25) is 0 Å². The molecule has 1 heterocycles. The van der Waals surface area contributed by atoms with Gasteiger partial charge in [-0.05, 0) is 85.3 Å². The number of nitrogens with zero attached hydrogens (tertiary/aromatic N) is 2. The van der Waals surface area contributed by atoms with Crippen LogP contribution in [0, 0.1) is 13.8 Å². The van der Waals surface area contributed by atoms with Crippen LogP contribution in [0.4, 0.5) is 0 Å². The molecule has 0 aliphatic rings. The SMILES string of the molecule is Cc1ccc(OCCC(C)(C)O)cc1-c1cccc(COc2ccc(Cn3oc([O-])nc3=O)cc2)c1C. The van der Waals surface area contributed by atoms with Crippen LogP contribution in [0.5, 0.6) is 17.6 Å². The lowest BCUT2D eigenvalue weighted by atomic mass is 9.93. The molecule has 0 fully saturated rings. The first-order valence-corrected chi connectivity index (χ1v) is 12.1. The molecule has 0 saturated heterocycles. The fourth-order valence-corrected chi connectivity index (χ4v) is 3.94. The van der Waals surface area contributed by atoms with Gasteiger partial charge in [0.15, 0.2) is 6.08 Å². The van der Waals surface area contributed by atoms with Gasteiger partial charge in [0.1, 0.15) is 18.1 Å². The van der Waals surface area contributed by atoms with Crippen molar-refractivity contribution in [2.24, 2.45) is 0 Å². The Hall–Kier alpha value is -4.04. The Morgan fingerprint density at radius 3 is 2.41 bits per heavy atom. The molecule has 0 atom stereocenters. The van der Waals surface area contributed by atoms with Crippen LogP contribution in [0.3, 0.4) is 0 Å². The molecular formula is C29H31N2O6-. The summed E-state index contributed by atoms with van der Waals surface area (Å²) in [6.07, 6.45) is -0.356. The average molecular weight is 504 g/mol. The first-order chi connectivity index (χ1) is 17.6. The van der Waals surface area contributed by atoms with E-state index < -0.39 is 17.4 Å². The Morgan fingerprint density at radius 2 is 1.73 bits per heavy atom. The van der Waals surface area contributed by atoms with Crippen LogP contribution in [0.2, 0.25) is 0 Å². The molecule has 1 aromatic heterocycles. The van der Waals surface area contributed by atoms with E-state index in [4.69, 9.17) is 14.0 Å². The minimum absolute atomic E-state index is 0.120. The maximum Gasteiger partial charge on any atom is 0.359 e. The van der Waals surface area contributed by atoms with Gasteiger partial charge in [-0.25, -0.2) is 9.53 Å². The Morgan fingerprint density at radius 1 is 1.00 bits per heavy atom. The smallest absolute Gasteiger partial charge is 0.359 e. The molecule has 4 aromatic rings. The van der Waals surface area contributed by atoms with Crippen molar-refractivity contribution in [3.8, 4) is 28.7 Å². The van der Waals surface area contributed by atoms with Crippen LogP contribution < -0.4 is 20.3 Å². The fourth-order valence-electron chi connectivity index (χ4n) is 3.94. The van der Waals surface area contributed by atoms with E-state index in [9.17, 15) is 15.0 Å². The zero-order chi connectivity index (χ0) is 26.6. The summed E-state index contributed by atoms with van der Waals surface area (Å²) < 4.78 is 17.6. The van der Waals surface area contributed by atoms with Crippen LogP contribution >= 0.6 is 0 Å². The second-order valence-electron chi connectivity index (χ2n) is 9.70. The third-order valence-corrected chi connectivity index (χ3v) is 6.16. The molecule has 0 amide bonds. The van der Waals surface area contributed by atoms with Crippen LogP contribution in [-0.4, -0.2) is 27.0 Å². The second kappa shape index (κ2) is 10.9. The van der Waals surface area contributed by atoms with Crippen molar-refractivity contribution in [2.75, 3.05) is 6.61 Å². The lowest BCUT2D eigenvalue weighted by Crippen LogP contribution is -2.21. The molecule has 0 aliphatic heterocycles. The lowest BCUT2D eigenvalue weighted by Gasteiger charge is -2.18. The standard InChI is InChI=1S/C29H32N2O6/c1-19-8-11-24(35-15-14-29(3,4)34)16-26(19)25-7-5-6-22(20(25)2)18-36-23-12-9-21(10-13-23)17-31-27(32)30-28(33)37-31/h5-13,16,34H,14-15,17-18H2,1-4H3,(H,30,32,33)/p-1. The van der Waals surface area contributed by atoms with E-state index in [2.05, 4.69) is 24.9 Å². The molecular weight excluding hydrogens is 472 g/mol. The lowest BCUT2D eigenvalue weighted by molar-refractivity contribution is -0.305. The molecule has 0 spiro atoms. The summed E-state index contributed by atoms with van der Waals surface area (Å²) in [5.41, 5.74) is 4.83. The predicted octanol–water partition coefficient (Wildman–Crippen LogP) is 4.36. The summed E-state index contributed by atoms with van der Waals surface area (Å²) in [5.74, 6) is 1.45. The maximum absolute atomic E-state index is 11.6. The summed E-state index contributed by atoms with van der Waals surface area (Å²) in [6, 6.07) is 19.4. The normalized spacial score (nSPS) is 11.5. The van der Waals surface area contributed by atoms with Crippen molar-refractivity contribution >= 4 is 0 Å². The van der Waals surface area contributed by atoms with Gasteiger partial charge in [-0.15, -0.1) is 0 Å². The highest BCUT2D eigenvalue weighted by Crippen LogP contribution is 2.32. The van der Waals surface area contributed by atoms with Crippen LogP contribution in [0.1, 0.15) is 42.5 Å². The molecule has 194 valence electrons. The van der Waals surface area contributed by atoms with Gasteiger partial charge in [-0.3, -0.25) is 0 Å². The number of rotatable bonds is 10. The second-order valence-corrected chi connectivity index (χ2v) is 9.70. The van der Waals surface area contributed by atoms with E-state index in [-0.39, 0.29) is 6.54 Å². The van der Waals surface area contributed by atoms with Crippen molar-refractivity contribution < 1.29 is 24.2 Å². The van der Waals surface area contributed by atoms with Crippen molar-refractivity contribution in [1.82, 2.24) is 9.72 Å². The minimum atomic E-state index is -0.900. The van der Waals surface area contributed by atoms with Crippen molar-refractivity contribution in [2.45, 2.75) is 52.9 Å². The van der Waals surface area contributed by atoms with Gasteiger partial charge in [-0.1, -0.05) is 36.4 Å². The molecule has 0 bridgehead atoms. The molecule has 8 nitrogen and oxygen atoms in total. The highest BCUT2D eigenvalue weighted by atomic mass is 16.6. The molecule has 0 aliphatic carbocycles. The van der Waals surface area contributed by atoms with Gasteiger partial charge in [0, 0.05) is 6.42 Å². The van der Waals surface area contributed by atoms with Crippen LogP contribution in [0.15, 0.2) is 70.0 Å². The summed E-state index contributed by atoms with van der Waals surface area (Å²) >= 11 is 0. The monoisotopic (exact) mass is 503 g/mol. The third-order valence-electron chi connectivity index (χ3n) is 6.16. The summed E-state index contributed by atoms with van der Waals surface area (Å²) in [4.78, 5) is 14.8. The van der Waals surface area contributed by atoms with E-state index in [1.165, 1.54) is 0 Å². The minimum Gasteiger partial charge on any atom is -0.528 e. The Balaban J connectivity index is 1.44. The zero-order valence-corrected chi connectivity index (χ0v) is 21.5. The number of hydrogen-bond donors (Lipinski definition) is 1. The third kappa shape index (κ3) is 6.80. The Bertz CT molecular complexity index is 1410. The molecule has 4 rings (SSSR count). The van der Waals surface area contributed by atoms with E-state index in [0.717, 1.165) is 43.9 Å². The zero-order valence-electron chi connectivity index (χ0n) is 21.5. The fraction of sp³-hybridized carbons (Fsp3) is 0.310. The molecule has 8 heteroatoms. The molecule has 3 aromatic carbocycles. The van der Waals surface area contributed by atoms with Gasteiger partial charge < -0.3 is 24.2 Å². The summed E-state index contributed by atoms with van der Waals surface area (Å²) in [6.45, 7) is 8.65. The Kier molecular flexibility index (Phi) is 7.69. The number of ether oxygens (including phenoxy) is 2. The van der Waals surface area contributed by atoms with Gasteiger partial charge in [0.25, 0.3) is 0 Å². The van der Waals surface area contributed by atoms with E-state index in [0.29, 0.717) is 25.4 Å². The predicted molar refractivity (Wildman–Crippen MR) is 138 cm³/mol. The largest absolute Gasteiger partial charge is 0.528 e. The van der Waals surface area contributed by atoms with Gasteiger partial charge in [-0.2, -0.15) is 4.98 Å². The number of hydrogen-bond acceptors (Lipinski definition) is 7. The maximum atomic E-state index is 11.6. The number of benzene rings is 3. The Labute approximate surface area is 215 Å². The first kappa shape index (κ1) is 26.0. The van der Waals surface area contributed by atoms with Crippen LogP contribution in [0.25, 0.3) is 11.1 Å².